The summed E-state index contributed by atoms with van der Waals surface area (Å²) in [6, 6.07) is 6.25. The van der Waals surface area contributed by atoms with Crippen molar-refractivity contribution in [2.45, 2.75) is 11.8 Å². The lowest BCUT2D eigenvalue weighted by molar-refractivity contribution is -0.993. The Hall–Kier alpha value is -1.31. The van der Waals surface area contributed by atoms with Crippen molar-refractivity contribution in [2.24, 2.45) is 0 Å². The summed E-state index contributed by atoms with van der Waals surface area (Å²) in [4.78, 5) is 0.0276. The summed E-state index contributed by atoms with van der Waals surface area (Å²) in [5.74, 6) is 0. The lowest BCUT2D eigenvalue weighted by atomic mass is 10.2. The van der Waals surface area contributed by atoms with Crippen LogP contribution in [-0.2, 0) is 14.4 Å². The minimum Gasteiger partial charge on any atom is -0.189 e. The molecular formula is C12H17FN2O3S+2. The molecule has 5 nitrogen and oxygen atoms in total. The van der Waals surface area contributed by atoms with Gasteiger partial charge in [-0.1, -0.05) is 26.4 Å². The van der Waals surface area contributed by atoms with Crippen LogP contribution >= 0.6 is 0 Å². The molecule has 0 aliphatic carbocycles. The second-order valence-corrected chi connectivity index (χ2v) is 6.39. The molecule has 0 N–H and O–H groups in total. The van der Waals surface area contributed by atoms with Gasteiger partial charge in [0.15, 0.2) is 6.54 Å². The molecule has 1 aliphatic heterocycles. The number of hydrogen-bond donors (Lipinski definition) is 0. The van der Waals surface area contributed by atoms with Crippen molar-refractivity contribution in [3.05, 3.63) is 29.8 Å². The molecule has 0 saturated heterocycles. The van der Waals surface area contributed by atoms with Crippen molar-refractivity contribution in [2.75, 3.05) is 27.2 Å². The quantitative estimate of drug-likeness (QED) is 0.474. The average molecular weight is 288 g/mol. The predicted molar refractivity (Wildman–Crippen MR) is 67.7 cm³/mol. The van der Waals surface area contributed by atoms with Gasteiger partial charge >= 0.3 is 16.2 Å². The molecule has 0 fully saturated rings. The molecule has 1 aromatic rings. The molecule has 0 saturated carbocycles. The van der Waals surface area contributed by atoms with E-state index in [9.17, 15) is 12.8 Å². The molecule has 1 unspecified atom stereocenters. The number of likely N-dealkylation sites (N-methyl/N-ethyl adjacent to an activating group) is 2. The maximum atomic E-state index is 13.9. The van der Waals surface area contributed by atoms with Gasteiger partial charge in [-0.05, 0) is 23.7 Å². The molecule has 0 spiro atoms. The van der Waals surface area contributed by atoms with Crippen molar-refractivity contribution < 1.29 is 26.3 Å². The van der Waals surface area contributed by atoms with Gasteiger partial charge in [0.25, 0.3) is 0 Å². The Bertz CT molecular complexity index is 625. The van der Waals surface area contributed by atoms with E-state index in [0.29, 0.717) is 6.54 Å². The van der Waals surface area contributed by atoms with Gasteiger partial charge < -0.3 is 0 Å². The van der Waals surface area contributed by atoms with E-state index in [2.05, 4.69) is 0 Å². The Kier molecular flexibility index (Phi) is 3.46. The van der Waals surface area contributed by atoms with Crippen molar-refractivity contribution in [1.82, 2.24) is 0 Å². The van der Waals surface area contributed by atoms with Gasteiger partial charge in [-0.2, -0.15) is 8.42 Å². The largest absolute Gasteiger partial charge is 0.571 e. The zero-order valence-corrected chi connectivity index (χ0v) is 11.9. The topological polar surface area (TPSA) is 46.4 Å². The first-order valence-electron chi connectivity index (χ1n) is 5.87. The molecule has 0 bridgehead atoms. The third-order valence-corrected chi connectivity index (χ3v) is 4.51. The molecular weight excluding hydrogens is 271 g/mol. The predicted octanol–water partition coefficient (Wildman–Crippen LogP) is 1.04. The van der Waals surface area contributed by atoms with E-state index in [1.165, 1.54) is 23.8 Å². The summed E-state index contributed by atoms with van der Waals surface area (Å²) in [7, 11) is -1.04. The number of amidine groups is 1. The van der Waals surface area contributed by atoms with E-state index in [4.69, 9.17) is 4.28 Å². The third-order valence-electron chi connectivity index (χ3n) is 3.14. The van der Waals surface area contributed by atoms with E-state index in [-0.39, 0.29) is 11.4 Å². The highest BCUT2D eigenvalue weighted by molar-refractivity contribution is 7.86. The maximum Gasteiger partial charge on any atom is 0.571 e. The summed E-state index contributed by atoms with van der Waals surface area (Å²) in [6.45, 7) is 2.51. The number of rotatable bonds is 3. The molecule has 104 valence electrons. The molecule has 0 amide bonds. The van der Waals surface area contributed by atoms with E-state index >= 15 is 0 Å². The highest BCUT2D eigenvalue weighted by atomic mass is 32.2. The van der Waals surface area contributed by atoms with Crippen LogP contribution in [0.15, 0.2) is 29.2 Å². The minimum atomic E-state index is -3.99. The molecule has 1 atom stereocenters. The number of hydrogen-bond acceptors (Lipinski definition) is 3. The van der Waals surface area contributed by atoms with Gasteiger partial charge in [0.1, 0.15) is 14.1 Å². The van der Waals surface area contributed by atoms with Crippen LogP contribution < -0.4 is 0 Å². The molecule has 1 heterocycles. The van der Waals surface area contributed by atoms with Crippen LogP contribution in [0.1, 0.15) is 5.56 Å². The standard InChI is InChI=1S/C12H17FN2O3S/c1-10-4-6-11(7-5-10)19(16,17)18-15(3)9-8-14(2)12(15)13/h4-7H,8-9H2,1-3H3/q+2. The molecule has 19 heavy (non-hydrogen) atoms. The van der Waals surface area contributed by atoms with Crippen LogP contribution in [0, 0.1) is 6.92 Å². The van der Waals surface area contributed by atoms with E-state index < -0.39 is 20.9 Å². The van der Waals surface area contributed by atoms with Crippen LogP contribution in [0.2, 0.25) is 0 Å². The number of quaternary nitrogens is 1. The second kappa shape index (κ2) is 4.66. The molecule has 0 aromatic heterocycles. The van der Waals surface area contributed by atoms with E-state index in [1.54, 1.807) is 19.2 Å². The Morgan fingerprint density at radius 3 is 2.37 bits per heavy atom. The zero-order chi connectivity index (χ0) is 14.3. The van der Waals surface area contributed by atoms with Crippen LogP contribution in [0.3, 0.4) is 0 Å². The van der Waals surface area contributed by atoms with E-state index in [0.717, 1.165) is 5.56 Å². The lowest BCUT2D eigenvalue weighted by Gasteiger charge is -2.18. The number of aryl methyl sites for hydroxylation is 1. The molecule has 0 radical (unpaired) electrons. The maximum absolute atomic E-state index is 13.9. The van der Waals surface area contributed by atoms with Gasteiger partial charge in [-0.3, -0.25) is 0 Å². The van der Waals surface area contributed by atoms with Crippen LogP contribution in [-0.4, -0.2) is 50.9 Å². The summed E-state index contributed by atoms with van der Waals surface area (Å²) >= 11 is 0. The van der Waals surface area contributed by atoms with Crippen molar-refractivity contribution in [3.8, 4) is 0 Å². The van der Waals surface area contributed by atoms with Crippen molar-refractivity contribution in [1.29, 1.82) is 0 Å². The molecule has 2 rings (SSSR count). The van der Waals surface area contributed by atoms with Crippen LogP contribution in [0.5, 0.6) is 0 Å². The molecule has 7 heteroatoms. The fraction of sp³-hybridized carbons (Fsp3) is 0.417. The average Bonchev–Trinajstić information content (AvgIpc) is 2.57. The fourth-order valence-electron chi connectivity index (χ4n) is 1.92. The van der Waals surface area contributed by atoms with Crippen molar-refractivity contribution in [3.63, 3.8) is 0 Å². The van der Waals surface area contributed by atoms with Gasteiger partial charge in [-0.15, -0.1) is 4.58 Å². The summed E-state index contributed by atoms with van der Waals surface area (Å²) in [5.41, 5.74) is 0.943. The first-order chi connectivity index (χ1) is 8.74. The first-order valence-corrected chi connectivity index (χ1v) is 7.28. The van der Waals surface area contributed by atoms with E-state index in [1.807, 2.05) is 6.92 Å². The third kappa shape index (κ3) is 2.68. The number of nitrogens with zero attached hydrogens (tertiary/aromatic N) is 2. The zero-order valence-electron chi connectivity index (χ0n) is 11.1. The molecule has 1 aromatic carbocycles. The molecule has 1 aliphatic rings. The minimum absolute atomic E-state index is 0.0276. The SMILES string of the molecule is Cc1ccc(S(=O)(=O)O[N+]2(C)CC[N+](C)=C2F)cc1. The van der Waals surface area contributed by atoms with Crippen LogP contribution in [0.4, 0.5) is 4.39 Å². The fourth-order valence-corrected chi connectivity index (χ4v) is 3.04. The Labute approximate surface area is 112 Å². The monoisotopic (exact) mass is 288 g/mol. The summed E-state index contributed by atoms with van der Waals surface area (Å²) < 4.78 is 43.8. The number of benzene rings is 1. The smallest absolute Gasteiger partial charge is 0.189 e. The summed E-state index contributed by atoms with van der Waals surface area (Å²) in [6.07, 6.45) is -0.615. The van der Waals surface area contributed by atoms with Gasteiger partial charge in [0.05, 0.1) is 4.90 Å². The Balaban J connectivity index is 2.30. The first kappa shape index (κ1) is 14.1. The van der Waals surface area contributed by atoms with Crippen molar-refractivity contribution >= 4 is 16.2 Å². The highest BCUT2D eigenvalue weighted by Crippen LogP contribution is 2.21. The number of hydroxylamine groups is 3. The summed E-state index contributed by atoms with van der Waals surface area (Å²) in [5, 5.41) is 0. The van der Waals surface area contributed by atoms with Gasteiger partial charge in [0.2, 0.25) is 6.54 Å². The van der Waals surface area contributed by atoms with Crippen LogP contribution in [0.25, 0.3) is 0 Å². The van der Waals surface area contributed by atoms with Gasteiger partial charge in [-0.25, -0.2) is 0 Å². The Morgan fingerprint density at radius 2 is 1.89 bits per heavy atom. The number of halogens is 1. The second-order valence-electron chi connectivity index (χ2n) is 4.86. The van der Waals surface area contributed by atoms with Gasteiger partial charge in [0, 0.05) is 0 Å². The highest BCUT2D eigenvalue weighted by Gasteiger charge is 2.50. The lowest BCUT2D eigenvalue weighted by Crippen LogP contribution is -2.47. The Morgan fingerprint density at radius 1 is 1.32 bits per heavy atom. The normalized spacial score (nSPS) is 24.0.